The van der Waals surface area contributed by atoms with E-state index in [-0.39, 0.29) is 0 Å². The van der Waals surface area contributed by atoms with E-state index in [0.29, 0.717) is 0 Å². The highest BCUT2D eigenvalue weighted by Gasteiger charge is 2.51. The van der Waals surface area contributed by atoms with Crippen LogP contribution in [0.25, 0.3) is 0 Å². The minimum atomic E-state index is -1.82. The minimum Gasteiger partial charge on any atom is -0.394 e. The molecule has 0 radical (unpaired) electrons. The fraction of sp³-hybridized carbons (Fsp3) is 1.00. The summed E-state index contributed by atoms with van der Waals surface area (Å²) in [6.45, 7) is -2.99. The van der Waals surface area contributed by atoms with E-state index in [0.717, 1.165) is 0 Å². The van der Waals surface area contributed by atoms with Crippen LogP contribution >= 0.6 is 0 Å². The molecule has 2 saturated heterocycles. The fourth-order valence-corrected chi connectivity index (χ4v) is 3.21. The van der Waals surface area contributed by atoms with Crippen molar-refractivity contribution < 1.29 is 70.0 Å². The largest absolute Gasteiger partial charge is 0.394 e. The third kappa shape index (κ3) is 5.43. The van der Waals surface area contributed by atoms with Crippen molar-refractivity contribution in [3.63, 3.8) is 0 Å². The molecule has 2 fully saturated rings. The van der Waals surface area contributed by atoms with Gasteiger partial charge in [0.1, 0.15) is 61.0 Å². The average Bonchev–Trinajstić information content (AvgIpc) is 2.75. The van der Waals surface area contributed by atoms with Gasteiger partial charge in [0.15, 0.2) is 12.6 Å². The van der Waals surface area contributed by atoms with Crippen molar-refractivity contribution in [1.82, 2.24) is 0 Å². The van der Waals surface area contributed by atoms with Gasteiger partial charge in [0.2, 0.25) is 0 Å². The van der Waals surface area contributed by atoms with Crippen molar-refractivity contribution in [2.24, 2.45) is 0 Å². The summed E-state index contributed by atoms with van der Waals surface area (Å²) in [4.78, 5) is 0. The summed E-state index contributed by atoms with van der Waals surface area (Å²) in [6.07, 6.45) is -19.1. The van der Waals surface area contributed by atoms with Crippen LogP contribution in [0.3, 0.4) is 0 Å². The van der Waals surface area contributed by atoms with Crippen LogP contribution in [0.1, 0.15) is 0 Å². The maximum atomic E-state index is 10.4. The van der Waals surface area contributed by atoms with Crippen molar-refractivity contribution >= 4 is 0 Å². The first kappa shape index (κ1) is 25.7. The van der Waals surface area contributed by atoms with Gasteiger partial charge >= 0.3 is 0 Å². The third-order valence-corrected chi connectivity index (χ3v) is 5.07. The Labute approximate surface area is 171 Å². The van der Waals surface area contributed by atoms with Gasteiger partial charge in [-0.3, -0.25) is 0 Å². The lowest BCUT2D eigenvalue weighted by Crippen LogP contribution is -2.65. The van der Waals surface area contributed by atoms with Gasteiger partial charge in [-0.1, -0.05) is 0 Å². The van der Waals surface area contributed by atoms with Gasteiger partial charge in [-0.25, -0.2) is 0 Å². The maximum Gasteiger partial charge on any atom is 0.187 e. The second kappa shape index (κ2) is 11.3. The molecular formula is C16H30O14. The monoisotopic (exact) mass is 446 g/mol. The molecule has 10 N–H and O–H groups in total. The normalized spacial score (nSPS) is 44.6. The first-order valence-electron chi connectivity index (χ1n) is 9.33. The molecule has 0 aromatic rings. The molecule has 30 heavy (non-hydrogen) atoms. The smallest absolute Gasteiger partial charge is 0.187 e. The van der Waals surface area contributed by atoms with Gasteiger partial charge in [0.25, 0.3) is 0 Å². The van der Waals surface area contributed by atoms with Crippen molar-refractivity contribution in [3.8, 4) is 0 Å². The predicted octanol–water partition coefficient (Wildman–Crippen LogP) is -6.66. The highest BCUT2D eigenvalue weighted by Crippen LogP contribution is 2.30. The first-order chi connectivity index (χ1) is 14.2. The molecule has 0 saturated carbocycles. The van der Waals surface area contributed by atoms with Crippen molar-refractivity contribution in [2.45, 2.75) is 73.6 Å². The lowest BCUT2D eigenvalue weighted by atomic mass is 9.97. The van der Waals surface area contributed by atoms with Crippen LogP contribution in [0, 0.1) is 0 Å². The number of aliphatic hydroxyl groups excluding tert-OH is 10. The van der Waals surface area contributed by atoms with Crippen LogP contribution in [0.4, 0.5) is 0 Å². The molecule has 2 heterocycles. The van der Waals surface area contributed by atoms with Crippen LogP contribution in [0.5, 0.6) is 0 Å². The first-order valence-corrected chi connectivity index (χ1v) is 9.33. The van der Waals surface area contributed by atoms with Gasteiger partial charge in [0.05, 0.1) is 26.4 Å². The number of ether oxygens (including phenoxy) is 4. The molecule has 14 heteroatoms. The van der Waals surface area contributed by atoms with E-state index < -0.39 is 100 Å². The van der Waals surface area contributed by atoms with Crippen molar-refractivity contribution in [2.75, 3.05) is 26.4 Å². The summed E-state index contributed by atoms with van der Waals surface area (Å²) in [5.41, 5.74) is 0. The standard InChI is InChI=1S/C16H30O14/c17-1-5(21)6(2-18)27-15-13(26)11(24)14(8(4-20)29-15)30-16-12(25)10(23)9(22)7(3-19)28-16/h5-26H,1-4H2. The third-order valence-electron chi connectivity index (χ3n) is 5.07. The van der Waals surface area contributed by atoms with Gasteiger partial charge < -0.3 is 70.0 Å². The second-order valence-corrected chi connectivity index (χ2v) is 7.11. The summed E-state index contributed by atoms with van der Waals surface area (Å²) >= 11 is 0. The Hall–Kier alpha value is -0.560. The molecule has 0 amide bonds. The van der Waals surface area contributed by atoms with Gasteiger partial charge in [-0.15, -0.1) is 0 Å². The van der Waals surface area contributed by atoms with E-state index >= 15 is 0 Å². The zero-order chi connectivity index (χ0) is 22.6. The summed E-state index contributed by atoms with van der Waals surface area (Å²) in [5, 5.41) is 97.0. The van der Waals surface area contributed by atoms with Crippen molar-refractivity contribution in [1.29, 1.82) is 0 Å². The van der Waals surface area contributed by atoms with E-state index in [2.05, 4.69) is 0 Å². The van der Waals surface area contributed by atoms with E-state index in [1.807, 2.05) is 0 Å². The molecule has 0 aliphatic carbocycles. The maximum absolute atomic E-state index is 10.4. The Morgan fingerprint density at radius 2 is 1.23 bits per heavy atom. The van der Waals surface area contributed by atoms with E-state index in [9.17, 15) is 46.0 Å². The van der Waals surface area contributed by atoms with Gasteiger partial charge in [-0.05, 0) is 0 Å². The molecule has 2 aliphatic heterocycles. The molecular weight excluding hydrogens is 416 g/mol. The minimum absolute atomic E-state index is 0.716. The molecule has 12 atom stereocenters. The molecule has 14 nitrogen and oxygen atoms in total. The fourth-order valence-electron chi connectivity index (χ4n) is 3.21. The highest BCUT2D eigenvalue weighted by atomic mass is 16.7. The topological polar surface area (TPSA) is 239 Å². The van der Waals surface area contributed by atoms with Crippen molar-refractivity contribution in [3.05, 3.63) is 0 Å². The quantitative estimate of drug-likeness (QED) is 0.158. The lowest BCUT2D eigenvalue weighted by molar-refractivity contribution is -0.365. The number of hydrogen-bond donors (Lipinski definition) is 10. The molecule has 0 aromatic heterocycles. The van der Waals surface area contributed by atoms with Gasteiger partial charge in [0, 0.05) is 0 Å². The Kier molecular flexibility index (Phi) is 9.72. The molecule has 2 aliphatic rings. The van der Waals surface area contributed by atoms with Crippen LogP contribution in [-0.4, -0.2) is 151 Å². The molecule has 0 spiro atoms. The SMILES string of the molecule is OCC(O)C(CO)OC1OC(CO)C(OC2OC(CO)C(O)C(O)C2O)C(O)C1O. The number of hydrogen-bond acceptors (Lipinski definition) is 14. The number of aliphatic hydroxyl groups is 10. The number of rotatable bonds is 9. The Morgan fingerprint density at radius 3 is 1.77 bits per heavy atom. The predicted molar refractivity (Wildman–Crippen MR) is 91.5 cm³/mol. The Morgan fingerprint density at radius 1 is 0.667 bits per heavy atom. The van der Waals surface area contributed by atoms with Crippen LogP contribution < -0.4 is 0 Å². The van der Waals surface area contributed by atoms with Gasteiger partial charge in [-0.2, -0.15) is 0 Å². The zero-order valence-corrected chi connectivity index (χ0v) is 15.9. The summed E-state index contributed by atoms with van der Waals surface area (Å²) in [7, 11) is 0. The van der Waals surface area contributed by atoms with Crippen LogP contribution in [0.2, 0.25) is 0 Å². The Balaban J connectivity index is 2.11. The molecule has 0 bridgehead atoms. The molecule has 0 aromatic carbocycles. The average molecular weight is 446 g/mol. The molecule has 12 unspecified atom stereocenters. The zero-order valence-electron chi connectivity index (χ0n) is 15.9. The second-order valence-electron chi connectivity index (χ2n) is 7.11. The molecule has 2 rings (SSSR count). The highest BCUT2D eigenvalue weighted by molar-refractivity contribution is 4.94. The summed E-state index contributed by atoms with van der Waals surface area (Å²) in [5.74, 6) is 0. The summed E-state index contributed by atoms with van der Waals surface area (Å²) < 4.78 is 21.1. The van der Waals surface area contributed by atoms with E-state index in [1.165, 1.54) is 0 Å². The lowest BCUT2D eigenvalue weighted by Gasteiger charge is -2.46. The van der Waals surface area contributed by atoms with E-state index in [4.69, 9.17) is 24.1 Å². The van der Waals surface area contributed by atoms with Crippen LogP contribution in [0.15, 0.2) is 0 Å². The van der Waals surface area contributed by atoms with E-state index in [1.54, 1.807) is 0 Å². The summed E-state index contributed by atoms with van der Waals surface area (Å²) in [6, 6.07) is 0. The molecule has 178 valence electrons. The van der Waals surface area contributed by atoms with Crippen LogP contribution in [-0.2, 0) is 18.9 Å². The Bertz CT molecular complexity index is 506.